The van der Waals surface area contributed by atoms with Crippen molar-refractivity contribution in [3.63, 3.8) is 0 Å². The number of amides is 17. The Bertz CT molecular complexity index is 4790. The normalized spacial score (nSPS) is 13.9. The number of hydrogen-bond acceptors (Lipinski definition) is 26. The summed E-state index contributed by atoms with van der Waals surface area (Å²) in [6, 6.07) is -6.97. The van der Waals surface area contributed by atoms with Crippen LogP contribution in [0.3, 0.4) is 0 Å². The molecular formula is C94H162N36O20. The molecule has 2 aromatic carbocycles. The first-order valence-corrected chi connectivity index (χ1v) is 50.2. The van der Waals surface area contributed by atoms with Crippen LogP contribution in [0.2, 0.25) is 0 Å². The second-order valence-corrected chi connectivity index (χ2v) is 36.8. The van der Waals surface area contributed by atoms with Crippen LogP contribution < -0.4 is 162 Å². The smallest absolute Gasteiger partial charge is 0.326 e. The Morgan fingerprint density at radius 1 is 0.280 bits per heavy atom. The zero-order chi connectivity index (χ0) is 113. The third-order valence-corrected chi connectivity index (χ3v) is 22.9. The van der Waals surface area contributed by atoms with Crippen LogP contribution in [0.15, 0.2) is 54.6 Å². The van der Waals surface area contributed by atoms with E-state index in [-0.39, 0.29) is 184 Å². The summed E-state index contributed by atoms with van der Waals surface area (Å²) in [5, 5.41) is 125. The maximum absolute atomic E-state index is 15.0. The number of guanidine groups is 6. The summed E-state index contributed by atoms with van der Waals surface area (Å²) >= 11 is 0. The highest BCUT2D eigenvalue weighted by Crippen LogP contribution is 2.17. The lowest BCUT2D eigenvalue weighted by Gasteiger charge is -2.28. The monoisotopic (exact) mass is 2120 g/mol. The van der Waals surface area contributed by atoms with Gasteiger partial charge in [-0.1, -0.05) is 123 Å². The molecule has 2 rings (SSSR count). The van der Waals surface area contributed by atoms with Gasteiger partial charge in [0, 0.05) is 52.1 Å². The maximum Gasteiger partial charge on any atom is 0.326 e. The standard InChI is InChI=1S/C94H162N36O20/c1-10-13-28-60(124-82(143)63(31-20-41-110-91(100)101)127-86(147)69(47-56-35-37-57(131)38-36-56)121-72(134)49-114-77(138)67(45-51(4)5)128-83(144)62(30-19-40-109-90(98)99)122-75(136)54(9)117-74(135)53(8)118-76(137)58(95)27-18-39-108-89(96)97)80(141)123-61(29-14-11-2)81(142)125-64(32-21-42-111-92(102)103)84(145)129-68(46-55-25-16-15-17-26-55)78(139)115-48-70(132)119-59(24-12-3)79(140)126-65(33-22-43-112-93(104)105)85(146)130-73(52(6)7)87(148)116-50-71(133)120-66(88(149)150)34-23-44-113-94(106)107/h15-17,25-26,35-38,51-54,58-69,73,131H,10-14,18-24,27-34,39-50,95H2,1-9H3,(H,114,138)(H,115,139)(H,116,148)(H,117,135)(H,118,137)(H,119,132)(H,120,133)(H,121,134)(H,122,136)(H,123,141)(H,124,143)(H,125,142)(H,126,140)(H,127,147)(H,128,144)(H,129,145)(H,130,146)(H,149,150)(H4,96,97,108)(H4,98,99,109)(H4,100,101,110)(H4,102,103,111)(H4,104,105,112)(H4,106,107,113)/t53-,54-,58-,59-,60-,61-,62-,63-,64-,65-,66-,67-,68-,69-,73-/m0/s1. The van der Waals surface area contributed by atoms with Crippen LogP contribution in [0.1, 0.15) is 208 Å². The summed E-state index contributed by atoms with van der Waals surface area (Å²) in [5.74, 6) is -19.7. The molecule has 0 heterocycles. The first kappa shape index (κ1) is 130. The summed E-state index contributed by atoms with van der Waals surface area (Å²) in [4.78, 5) is 253. The van der Waals surface area contributed by atoms with Crippen LogP contribution in [-0.2, 0) is 99.1 Å². The number of carboxylic acid groups (broad SMARTS) is 1. The lowest BCUT2D eigenvalue weighted by atomic mass is 10.0. The molecule has 0 aliphatic rings. The predicted octanol–water partition coefficient (Wildman–Crippen LogP) is -7.77. The summed E-state index contributed by atoms with van der Waals surface area (Å²) in [7, 11) is 0. The van der Waals surface area contributed by atoms with Gasteiger partial charge in [-0.2, -0.15) is 0 Å². The van der Waals surface area contributed by atoms with Gasteiger partial charge in [0.1, 0.15) is 90.3 Å². The number of carbonyl (C=O) groups excluding carboxylic acids is 17. The summed E-state index contributed by atoms with van der Waals surface area (Å²) in [5.41, 5.74) is 39.7. The summed E-state index contributed by atoms with van der Waals surface area (Å²) in [6.45, 7) is 12.8. The van der Waals surface area contributed by atoms with Crippen molar-refractivity contribution in [1.29, 1.82) is 32.5 Å². The second-order valence-electron chi connectivity index (χ2n) is 36.8. The fourth-order valence-electron chi connectivity index (χ4n) is 14.8. The number of carboxylic acids is 1. The molecule has 0 saturated carbocycles. The molecule has 838 valence electrons. The molecule has 0 saturated heterocycles. The van der Waals surface area contributed by atoms with Gasteiger partial charge in [0.05, 0.1) is 25.7 Å². The number of unbranched alkanes of at least 4 members (excludes halogenated alkanes) is 2. The fourth-order valence-corrected chi connectivity index (χ4v) is 14.8. The molecular weight excluding hydrogens is 1950 g/mol. The average molecular weight is 2120 g/mol. The van der Waals surface area contributed by atoms with E-state index in [1.54, 1.807) is 78.8 Å². The second kappa shape index (κ2) is 71.8. The minimum absolute atomic E-state index is 0.00200. The van der Waals surface area contributed by atoms with Crippen molar-refractivity contribution >= 4 is 142 Å². The van der Waals surface area contributed by atoms with E-state index in [0.717, 1.165) is 0 Å². The van der Waals surface area contributed by atoms with Crippen LogP contribution in [-0.4, -0.2) is 302 Å². The number of benzene rings is 2. The Morgan fingerprint density at radius 3 is 0.900 bits per heavy atom. The number of carbonyl (C=O) groups is 18. The molecule has 0 aromatic heterocycles. The number of nitrogens with one attached hydrogen (secondary N) is 29. The van der Waals surface area contributed by atoms with Crippen molar-refractivity contribution in [2.45, 2.75) is 301 Å². The van der Waals surface area contributed by atoms with E-state index < -0.39 is 240 Å². The highest BCUT2D eigenvalue weighted by Gasteiger charge is 2.38. The van der Waals surface area contributed by atoms with Crippen molar-refractivity contribution in [2.24, 2.45) is 52.0 Å². The SMILES string of the molecule is CCCC[C@H](NC(=O)[C@H](CCCNC(=N)N)NC(=O)[C@H](Cc1ccc(O)cc1)NC(=O)CNC(=O)[C@H](CC(C)C)NC(=O)[C@H](CCCNC(=N)N)NC(=O)[C@H](C)NC(=O)[C@H](C)NC(=O)[C@@H](N)CCCNC(=N)N)C(=O)N[C@@H](CCCC)C(=O)N[C@@H](CCCNC(=N)N)C(=O)N[C@@H](Cc1ccccc1)C(=O)NCC(=O)N[C@@H](CCC)C(=O)N[C@@H](CCCNC(=N)N)C(=O)N[C@H](C(=O)NCC(=O)N[C@@H](CCCNC(=N)N)C(=O)O)C(C)C. The first-order chi connectivity index (χ1) is 70.9. The number of phenolic OH excluding ortho intramolecular Hbond substituents is 1. The molecule has 17 amide bonds. The van der Waals surface area contributed by atoms with E-state index in [4.69, 9.17) is 72.6 Å². The van der Waals surface area contributed by atoms with Crippen molar-refractivity contribution in [2.75, 3.05) is 58.9 Å². The Kier molecular flexibility index (Phi) is 62.4. The quantitative estimate of drug-likeness (QED) is 0.0166. The Hall–Kier alpha value is -15.7. The van der Waals surface area contributed by atoms with Gasteiger partial charge < -0.3 is 173 Å². The van der Waals surface area contributed by atoms with Gasteiger partial charge >= 0.3 is 5.97 Å². The number of aliphatic carboxylic acids is 1. The molecule has 150 heavy (non-hydrogen) atoms. The lowest BCUT2D eigenvalue weighted by Crippen LogP contribution is -2.60. The molecule has 0 spiro atoms. The summed E-state index contributed by atoms with van der Waals surface area (Å²) < 4.78 is 0. The Labute approximate surface area is 872 Å². The average Bonchev–Trinajstić information content (AvgIpc) is 0.857. The Morgan fingerprint density at radius 2 is 0.553 bits per heavy atom. The van der Waals surface area contributed by atoms with Crippen molar-refractivity contribution in [3.8, 4) is 5.75 Å². The van der Waals surface area contributed by atoms with E-state index in [1.807, 2.05) is 0 Å². The lowest BCUT2D eigenvalue weighted by molar-refractivity contribution is -0.142. The topological polar surface area (TPSA) is 950 Å². The highest BCUT2D eigenvalue weighted by molar-refractivity contribution is 6.01. The van der Waals surface area contributed by atoms with E-state index >= 15 is 0 Å². The number of aromatic hydroxyl groups is 1. The molecule has 15 atom stereocenters. The van der Waals surface area contributed by atoms with Gasteiger partial charge in [0.25, 0.3) is 0 Å². The van der Waals surface area contributed by atoms with Crippen LogP contribution in [0.4, 0.5) is 0 Å². The predicted molar refractivity (Wildman–Crippen MR) is 558 cm³/mol. The highest BCUT2D eigenvalue weighted by atomic mass is 16.4. The molecule has 2 aromatic rings. The minimum Gasteiger partial charge on any atom is -0.508 e. The number of rotatable bonds is 74. The van der Waals surface area contributed by atoms with Gasteiger partial charge in [-0.25, -0.2) is 4.79 Å². The molecule has 0 bridgehead atoms. The largest absolute Gasteiger partial charge is 0.508 e. The molecule has 45 N–H and O–H groups in total. The van der Waals surface area contributed by atoms with Crippen LogP contribution in [0, 0.1) is 44.3 Å². The first-order valence-electron chi connectivity index (χ1n) is 50.2. The van der Waals surface area contributed by atoms with Gasteiger partial charge in [0.15, 0.2) is 35.8 Å². The zero-order valence-corrected chi connectivity index (χ0v) is 86.9. The third-order valence-electron chi connectivity index (χ3n) is 22.9. The zero-order valence-electron chi connectivity index (χ0n) is 86.9. The van der Waals surface area contributed by atoms with E-state index in [2.05, 4.69) is 122 Å². The number of phenols is 1. The molecule has 0 aliphatic heterocycles. The summed E-state index contributed by atoms with van der Waals surface area (Å²) in [6.07, 6.45) is 1.53. The minimum atomic E-state index is -1.58. The maximum atomic E-state index is 15.0. The molecule has 0 fully saturated rings. The van der Waals surface area contributed by atoms with Crippen LogP contribution >= 0.6 is 0 Å². The van der Waals surface area contributed by atoms with Crippen molar-refractivity contribution in [3.05, 3.63) is 65.7 Å². The van der Waals surface area contributed by atoms with Gasteiger partial charge in [-0.3, -0.25) is 114 Å². The molecule has 56 nitrogen and oxygen atoms in total. The van der Waals surface area contributed by atoms with Crippen LogP contribution in [0.5, 0.6) is 5.75 Å². The van der Waals surface area contributed by atoms with Crippen LogP contribution in [0.25, 0.3) is 0 Å². The van der Waals surface area contributed by atoms with Crippen molar-refractivity contribution in [1.82, 2.24) is 122 Å². The number of nitrogens with two attached hydrogens (primary N) is 7. The third kappa shape index (κ3) is 55.7. The van der Waals surface area contributed by atoms with E-state index in [9.17, 15) is 96.5 Å². The molecule has 0 radical (unpaired) electrons. The van der Waals surface area contributed by atoms with E-state index in [1.165, 1.54) is 38.1 Å². The number of hydrogen-bond donors (Lipinski definition) is 38. The molecule has 56 heteroatoms. The van der Waals surface area contributed by atoms with Gasteiger partial charge in [0.2, 0.25) is 100 Å². The molecule has 0 aliphatic carbocycles. The Balaban J connectivity index is 2.56. The van der Waals surface area contributed by atoms with Gasteiger partial charge in [-0.05, 0) is 152 Å². The fraction of sp³-hybridized carbons (Fsp3) is 0.617. The van der Waals surface area contributed by atoms with Gasteiger partial charge in [-0.15, -0.1) is 0 Å². The van der Waals surface area contributed by atoms with Crippen molar-refractivity contribution < 1.29 is 96.5 Å². The molecule has 0 unspecified atom stereocenters. The van der Waals surface area contributed by atoms with E-state index in [0.29, 0.717) is 43.2 Å².